The number of alkyl halides is 3. The van der Waals surface area contributed by atoms with Gasteiger partial charge in [-0.25, -0.2) is 0 Å². The molecule has 16 heavy (non-hydrogen) atoms. The topological polar surface area (TPSA) is 50.2 Å². The Kier molecular flexibility index (Phi) is 3.32. The first-order valence-electron chi connectivity index (χ1n) is 4.47. The number of hydrogen-bond acceptors (Lipinski definition) is 3. The zero-order chi connectivity index (χ0) is 12.4. The lowest BCUT2D eigenvalue weighted by Crippen LogP contribution is -2.44. The van der Waals surface area contributed by atoms with Gasteiger partial charge in [0, 0.05) is 12.6 Å². The lowest BCUT2D eigenvalue weighted by molar-refractivity contribution is -0.268. The van der Waals surface area contributed by atoms with Crippen LogP contribution in [0.1, 0.15) is 19.0 Å². The van der Waals surface area contributed by atoms with Gasteiger partial charge in [0.05, 0.1) is 5.69 Å². The molecule has 0 aliphatic rings. The molecule has 0 fully saturated rings. The average molecular weight is 233 g/mol. The highest BCUT2D eigenvalue weighted by Crippen LogP contribution is 2.40. The Balaban J connectivity index is 3.21. The van der Waals surface area contributed by atoms with Gasteiger partial charge in [0.1, 0.15) is 5.78 Å². The van der Waals surface area contributed by atoms with Crippen LogP contribution < -0.4 is 0 Å². The molecular weight excluding hydrogens is 223 g/mol. The zero-order valence-electron chi connectivity index (χ0n) is 8.45. The van der Waals surface area contributed by atoms with E-state index in [1.807, 2.05) is 0 Å². The fourth-order valence-corrected chi connectivity index (χ4v) is 1.30. The Morgan fingerprint density at radius 1 is 1.44 bits per heavy atom. The second-order valence-corrected chi connectivity index (χ2v) is 3.45. The van der Waals surface area contributed by atoms with Gasteiger partial charge in [-0.3, -0.25) is 9.78 Å². The summed E-state index contributed by atoms with van der Waals surface area (Å²) in [5.74, 6) is -0.759. The minimum Gasteiger partial charge on any atom is -0.375 e. The molecule has 0 amide bonds. The number of rotatable bonds is 3. The number of Topliss-reactive ketones (excluding diaryl/α,β-unsaturated/α-hetero) is 1. The van der Waals surface area contributed by atoms with Gasteiger partial charge in [-0.2, -0.15) is 13.2 Å². The maximum absolute atomic E-state index is 12.7. The molecule has 1 atom stereocenters. The van der Waals surface area contributed by atoms with Crippen molar-refractivity contribution in [2.24, 2.45) is 0 Å². The molecule has 3 nitrogen and oxygen atoms in total. The summed E-state index contributed by atoms with van der Waals surface area (Å²) in [5, 5.41) is 9.58. The van der Waals surface area contributed by atoms with Crippen LogP contribution in [0.25, 0.3) is 0 Å². The van der Waals surface area contributed by atoms with Gasteiger partial charge in [-0.1, -0.05) is 6.07 Å². The Hall–Kier alpha value is -1.43. The van der Waals surface area contributed by atoms with Gasteiger partial charge in [-0.05, 0) is 19.1 Å². The van der Waals surface area contributed by atoms with Crippen LogP contribution in [0, 0.1) is 0 Å². The van der Waals surface area contributed by atoms with E-state index in [0.717, 1.165) is 19.2 Å². The van der Waals surface area contributed by atoms with Crippen molar-refractivity contribution in [1.29, 1.82) is 0 Å². The fraction of sp³-hybridized carbons (Fsp3) is 0.400. The molecule has 1 N–H and O–H groups in total. The predicted octanol–water partition coefficient (Wildman–Crippen LogP) is 1.81. The van der Waals surface area contributed by atoms with Crippen molar-refractivity contribution in [2.75, 3.05) is 0 Å². The molecule has 0 saturated heterocycles. The van der Waals surface area contributed by atoms with E-state index in [1.54, 1.807) is 0 Å². The lowest BCUT2D eigenvalue weighted by atomic mass is 9.92. The van der Waals surface area contributed by atoms with Crippen LogP contribution in [-0.2, 0) is 10.4 Å². The van der Waals surface area contributed by atoms with Crippen LogP contribution in [0.4, 0.5) is 13.2 Å². The largest absolute Gasteiger partial charge is 0.423 e. The smallest absolute Gasteiger partial charge is 0.375 e. The molecule has 1 aromatic heterocycles. The molecule has 0 bridgehead atoms. The highest BCUT2D eigenvalue weighted by Gasteiger charge is 2.56. The molecule has 0 aromatic carbocycles. The number of halogens is 3. The third-order valence-corrected chi connectivity index (χ3v) is 2.06. The van der Waals surface area contributed by atoms with Crippen LogP contribution >= 0.6 is 0 Å². The first-order chi connectivity index (χ1) is 7.27. The molecule has 0 saturated carbocycles. The molecule has 0 aliphatic carbocycles. The van der Waals surface area contributed by atoms with Gasteiger partial charge < -0.3 is 5.11 Å². The maximum Gasteiger partial charge on any atom is 0.423 e. The Morgan fingerprint density at radius 3 is 2.44 bits per heavy atom. The molecule has 0 aliphatic heterocycles. The summed E-state index contributed by atoms with van der Waals surface area (Å²) in [7, 11) is 0. The Morgan fingerprint density at radius 2 is 2.06 bits per heavy atom. The van der Waals surface area contributed by atoms with Crippen molar-refractivity contribution >= 4 is 5.78 Å². The number of nitrogens with zero attached hydrogens (tertiary/aromatic N) is 1. The maximum atomic E-state index is 12.7. The third-order valence-electron chi connectivity index (χ3n) is 2.06. The number of carbonyl (C=O) groups is 1. The fourth-order valence-electron chi connectivity index (χ4n) is 1.30. The van der Waals surface area contributed by atoms with Crippen molar-refractivity contribution < 1.29 is 23.1 Å². The summed E-state index contributed by atoms with van der Waals surface area (Å²) >= 11 is 0. The van der Waals surface area contributed by atoms with E-state index in [1.165, 1.54) is 12.1 Å². The summed E-state index contributed by atoms with van der Waals surface area (Å²) < 4.78 is 38.1. The van der Waals surface area contributed by atoms with E-state index in [0.29, 0.717) is 0 Å². The third kappa shape index (κ3) is 2.38. The van der Waals surface area contributed by atoms with Gasteiger partial charge in [0.15, 0.2) is 0 Å². The van der Waals surface area contributed by atoms with E-state index in [9.17, 15) is 23.1 Å². The lowest BCUT2D eigenvalue weighted by Gasteiger charge is -2.28. The zero-order valence-corrected chi connectivity index (χ0v) is 8.45. The van der Waals surface area contributed by atoms with Crippen LogP contribution in [0.5, 0.6) is 0 Å². The molecular formula is C10H10F3NO2. The SMILES string of the molecule is CC(=O)C[C@@](O)(c1ccccn1)C(F)(F)F. The number of carbonyl (C=O) groups excluding carboxylic acids is 1. The summed E-state index contributed by atoms with van der Waals surface area (Å²) in [4.78, 5) is 14.2. The number of ketones is 1. The van der Waals surface area contributed by atoms with Gasteiger partial charge in [-0.15, -0.1) is 0 Å². The summed E-state index contributed by atoms with van der Waals surface area (Å²) in [6.07, 6.45) is -4.84. The number of aromatic nitrogens is 1. The van der Waals surface area contributed by atoms with E-state index >= 15 is 0 Å². The van der Waals surface area contributed by atoms with Crippen LogP contribution in [0.3, 0.4) is 0 Å². The van der Waals surface area contributed by atoms with Crippen molar-refractivity contribution in [3.63, 3.8) is 0 Å². The molecule has 1 rings (SSSR count). The first kappa shape index (κ1) is 12.6. The van der Waals surface area contributed by atoms with Gasteiger partial charge in [0.2, 0.25) is 5.60 Å². The molecule has 0 spiro atoms. The minimum atomic E-state index is -4.94. The van der Waals surface area contributed by atoms with Gasteiger partial charge >= 0.3 is 6.18 Å². The van der Waals surface area contributed by atoms with E-state index in [2.05, 4.69) is 4.98 Å². The summed E-state index contributed by atoms with van der Waals surface area (Å²) in [6, 6.07) is 3.78. The molecule has 1 aromatic rings. The number of pyridine rings is 1. The Bertz CT molecular complexity index is 377. The normalized spacial score (nSPS) is 15.6. The molecule has 0 unspecified atom stereocenters. The first-order valence-corrected chi connectivity index (χ1v) is 4.47. The van der Waals surface area contributed by atoms with Crippen molar-refractivity contribution in [3.8, 4) is 0 Å². The average Bonchev–Trinajstić information content (AvgIpc) is 2.16. The van der Waals surface area contributed by atoms with Crippen LogP contribution in [0.2, 0.25) is 0 Å². The quantitative estimate of drug-likeness (QED) is 0.866. The Labute approximate surface area is 89.9 Å². The second-order valence-electron chi connectivity index (χ2n) is 3.45. The van der Waals surface area contributed by atoms with E-state index in [-0.39, 0.29) is 0 Å². The van der Waals surface area contributed by atoms with E-state index < -0.39 is 29.7 Å². The number of hydrogen-bond donors (Lipinski definition) is 1. The highest BCUT2D eigenvalue weighted by molar-refractivity contribution is 5.77. The second kappa shape index (κ2) is 4.21. The molecule has 88 valence electrons. The minimum absolute atomic E-state index is 0.572. The number of aliphatic hydroxyl groups is 1. The molecule has 6 heteroatoms. The van der Waals surface area contributed by atoms with Crippen molar-refractivity contribution in [2.45, 2.75) is 25.1 Å². The van der Waals surface area contributed by atoms with Crippen molar-refractivity contribution in [3.05, 3.63) is 30.1 Å². The van der Waals surface area contributed by atoms with Crippen LogP contribution in [0.15, 0.2) is 24.4 Å². The van der Waals surface area contributed by atoms with Crippen molar-refractivity contribution in [1.82, 2.24) is 4.98 Å². The summed E-state index contributed by atoms with van der Waals surface area (Å²) in [5.41, 5.74) is -3.78. The monoisotopic (exact) mass is 233 g/mol. The molecule has 0 radical (unpaired) electrons. The van der Waals surface area contributed by atoms with E-state index in [4.69, 9.17) is 0 Å². The predicted molar refractivity (Wildman–Crippen MR) is 49.5 cm³/mol. The summed E-state index contributed by atoms with van der Waals surface area (Å²) in [6.45, 7) is 0.986. The molecule has 1 heterocycles. The standard InChI is InChI=1S/C10H10F3NO2/c1-7(15)6-9(16,10(11,12)13)8-4-2-3-5-14-8/h2-5,16H,6H2,1H3/t9-/m1/s1. The highest BCUT2D eigenvalue weighted by atomic mass is 19.4. The van der Waals surface area contributed by atoms with Crippen LogP contribution in [-0.4, -0.2) is 22.1 Å². The van der Waals surface area contributed by atoms with Gasteiger partial charge in [0.25, 0.3) is 0 Å².